The van der Waals surface area contributed by atoms with Crippen LogP contribution in [0.15, 0.2) is 30.3 Å². The quantitative estimate of drug-likeness (QED) is 0.811. The molecule has 4 nitrogen and oxygen atoms in total. The minimum absolute atomic E-state index is 0.154. The highest BCUT2D eigenvalue weighted by Gasteiger charge is 2.26. The Morgan fingerprint density at radius 1 is 1.14 bits per heavy atom. The van der Waals surface area contributed by atoms with Gasteiger partial charge in [0.15, 0.2) is 0 Å². The fraction of sp³-hybridized carbons (Fsp3) is 0.667. The number of hydrogen-bond acceptors (Lipinski definition) is 4. The van der Waals surface area contributed by atoms with E-state index in [0.29, 0.717) is 19.1 Å². The second-order valence-electron chi connectivity index (χ2n) is 6.53. The molecule has 124 valence electrons. The number of likely N-dealkylation sites (tertiary alicyclic amines) is 1. The van der Waals surface area contributed by atoms with Crippen LogP contribution in [0.25, 0.3) is 0 Å². The first-order valence-corrected chi connectivity index (χ1v) is 8.31. The molecule has 2 N–H and O–H groups in total. The first-order valence-electron chi connectivity index (χ1n) is 8.31. The molecule has 0 saturated carbocycles. The van der Waals surface area contributed by atoms with Crippen LogP contribution in [0.5, 0.6) is 0 Å². The number of hydrogen-bond donors (Lipinski definition) is 2. The van der Waals surface area contributed by atoms with Gasteiger partial charge in [-0.25, -0.2) is 0 Å². The lowest BCUT2D eigenvalue weighted by Gasteiger charge is -2.35. The van der Waals surface area contributed by atoms with Gasteiger partial charge < -0.3 is 19.8 Å². The molecule has 1 aliphatic rings. The van der Waals surface area contributed by atoms with Crippen molar-refractivity contribution in [2.24, 2.45) is 5.92 Å². The first kappa shape index (κ1) is 17.4. The van der Waals surface area contributed by atoms with E-state index >= 15 is 0 Å². The molecule has 2 unspecified atom stereocenters. The summed E-state index contributed by atoms with van der Waals surface area (Å²) < 4.78 is 5.45. The second kappa shape index (κ2) is 8.63. The van der Waals surface area contributed by atoms with Crippen molar-refractivity contribution in [3.63, 3.8) is 0 Å². The summed E-state index contributed by atoms with van der Waals surface area (Å²) in [6.07, 6.45) is 1.28. The van der Waals surface area contributed by atoms with E-state index in [0.717, 1.165) is 31.5 Å². The topological polar surface area (TPSA) is 52.9 Å². The molecule has 2 atom stereocenters. The van der Waals surface area contributed by atoms with E-state index in [2.05, 4.69) is 4.90 Å². The third kappa shape index (κ3) is 5.36. The molecule has 1 aromatic rings. The van der Waals surface area contributed by atoms with Crippen LogP contribution in [0.3, 0.4) is 0 Å². The van der Waals surface area contributed by atoms with Gasteiger partial charge >= 0.3 is 0 Å². The molecule has 0 spiro atoms. The summed E-state index contributed by atoms with van der Waals surface area (Å²) in [5.74, 6) is 0.308. The molecule has 1 aliphatic heterocycles. The minimum atomic E-state index is -0.432. The average Bonchev–Trinajstić information content (AvgIpc) is 2.54. The Hall–Kier alpha value is -0.940. The van der Waals surface area contributed by atoms with Crippen LogP contribution >= 0.6 is 0 Å². The van der Waals surface area contributed by atoms with Gasteiger partial charge in [-0.05, 0) is 51.3 Å². The van der Waals surface area contributed by atoms with E-state index in [1.807, 2.05) is 44.2 Å². The zero-order valence-electron chi connectivity index (χ0n) is 13.7. The number of benzene rings is 1. The van der Waals surface area contributed by atoms with Crippen molar-refractivity contribution in [2.45, 2.75) is 45.0 Å². The Kier molecular flexibility index (Phi) is 6.83. The smallest absolute Gasteiger partial charge is 0.0900 e. The maximum atomic E-state index is 10.5. The fourth-order valence-corrected chi connectivity index (χ4v) is 3.03. The van der Waals surface area contributed by atoms with Crippen LogP contribution < -0.4 is 0 Å². The number of aliphatic hydroxyl groups excluding tert-OH is 2. The zero-order chi connectivity index (χ0) is 15.9. The van der Waals surface area contributed by atoms with Gasteiger partial charge in [-0.3, -0.25) is 0 Å². The van der Waals surface area contributed by atoms with Gasteiger partial charge in [0.2, 0.25) is 0 Å². The van der Waals surface area contributed by atoms with Crippen molar-refractivity contribution < 1.29 is 14.9 Å². The largest absolute Gasteiger partial charge is 0.389 e. The Labute approximate surface area is 133 Å². The number of β-amino-alcohol motifs (C(OH)–C–C–N with tert-alkyl or cyclic N) is 1. The predicted octanol–water partition coefficient (Wildman–Crippen LogP) is 2.22. The van der Waals surface area contributed by atoms with E-state index in [4.69, 9.17) is 4.74 Å². The lowest BCUT2D eigenvalue weighted by atomic mass is 9.87. The average molecular weight is 307 g/mol. The summed E-state index contributed by atoms with van der Waals surface area (Å²) in [7, 11) is 0. The lowest BCUT2D eigenvalue weighted by molar-refractivity contribution is -0.0174. The molecule has 0 aliphatic carbocycles. The van der Waals surface area contributed by atoms with Crippen molar-refractivity contribution >= 4 is 0 Å². The maximum Gasteiger partial charge on any atom is 0.0900 e. The van der Waals surface area contributed by atoms with Crippen LogP contribution in [0, 0.1) is 5.92 Å². The third-order valence-corrected chi connectivity index (χ3v) is 4.31. The molecule has 0 bridgehead atoms. The number of rotatable bonds is 7. The van der Waals surface area contributed by atoms with Gasteiger partial charge in [0, 0.05) is 6.54 Å². The van der Waals surface area contributed by atoms with Crippen LogP contribution in [-0.4, -0.2) is 53.6 Å². The van der Waals surface area contributed by atoms with Crippen molar-refractivity contribution in [2.75, 3.05) is 26.2 Å². The predicted molar refractivity (Wildman–Crippen MR) is 87.7 cm³/mol. The van der Waals surface area contributed by atoms with Gasteiger partial charge in [0.25, 0.3) is 0 Å². The maximum absolute atomic E-state index is 10.5. The van der Waals surface area contributed by atoms with Gasteiger partial charge in [-0.1, -0.05) is 30.3 Å². The summed E-state index contributed by atoms with van der Waals surface area (Å²) in [4.78, 5) is 2.27. The summed E-state index contributed by atoms with van der Waals surface area (Å²) >= 11 is 0. The third-order valence-electron chi connectivity index (χ3n) is 4.31. The summed E-state index contributed by atoms with van der Waals surface area (Å²) in [6.45, 7) is 6.85. The SMILES string of the molecule is CC(C)OCC(O)CN1CCC(C(O)c2ccccc2)CC1. The van der Waals surface area contributed by atoms with E-state index in [-0.39, 0.29) is 12.2 Å². The lowest BCUT2D eigenvalue weighted by Crippen LogP contribution is -2.41. The van der Waals surface area contributed by atoms with Crippen molar-refractivity contribution in [3.05, 3.63) is 35.9 Å². The molecule has 0 aromatic heterocycles. The van der Waals surface area contributed by atoms with Gasteiger partial charge in [-0.15, -0.1) is 0 Å². The Balaban J connectivity index is 1.73. The van der Waals surface area contributed by atoms with Crippen molar-refractivity contribution in [1.29, 1.82) is 0 Å². The molecule has 1 fully saturated rings. The summed E-state index contributed by atoms with van der Waals surface area (Å²) in [6, 6.07) is 9.89. The molecule has 1 aromatic carbocycles. The zero-order valence-corrected chi connectivity index (χ0v) is 13.7. The molecule has 22 heavy (non-hydrogen) atoms. The van der Waals surface area contributed by atoms with E-state index < -0.39 is 6.10 Å². The highest BCUT2D eigenvalue weighted by molar-refractivity contribution is 5.18. The van der Waals surface area contributed by atoms with Gasteiger partial charge in [0.05, 0.1) is 24.9 Å². The van der Waals surface area contributed by atoms with E-state index in [9.17, 15) is 10.2 Å². The highest BCUT2D eigenvalue weighted by atomic mass is 16.5. The van der Waals surface area contributed by atoms with Crippen LogP contribution in [-0.2, 0) is 4.74 Å². The number of nitrogens with zero attached hydrogens (tertiary/aromatic N) is 1. The van der Waals surface area contributed by atoms with Crippen LogP contribution in [0.4, 0.5) is 0 Å². The van der Waals surface area contributed by atoms with E-state index in [1.165, 1.54) is 0 Å². The Morgan fingerprint density at radius 3 is 2.36 bits per heavy atom. The Bertz CT molecular complexity index is 416. The molecule has 1 heterocycles. The molecule has 2 rings (SSSR count). The summed E-state index contributed by atoms with van der Waals surface area (Å²) in [5.41, 5.74) is 1.01. The molecular weight excluding hydrogens is 278 g/mol. The van der Waals surface area contributed by atoms with Gasteiger partial charge in [-0.2, -0.15) is 0 Å². The molecule has 1 saturated heterocycles. The first-order chi connectivity index (χ1) is 10.6. The minimum Gasteiger partial charge on any atom is -0.389 e. The van der Waals surface area contributed by atoms with Gasteiger partial charge in [0.1, 0.15) is 0 Å². The van der Waals surface area contributed by atoms with Crippen molar-refractivity contribution in [1.82, 2.24) is 4.90 Å². The highest BCUT2D eigenvalue weighted by Crippen LogP contribution is 2.30. The van der Waals surface area contributed by atoms with Crippen molar-refractivity contribution in [3.8, 4) is 0 Å². The molecule has 0 amide bonds. The fourth-order valence-electron chi connectivity index (χ4n) is 3.03. The van der Waals surface area contributed by atoms with E-state index in [1.54, 1.807) is 0 Å². The number of ether oxygens (including phenoxy) is 1. The summed E-state index contributed by atoms with van der Waals surface area (Å²) in [5, 5.41) is 20.5. The number of aliphatic hydroxyl groups is 2. The van der Waals surface area contributed by atoms with Crippen LogP contribution in [0.2, 0.25) is 0 Å². The normalized spacial score (nSPS) is 20.2. The van der Waals surface area contributed by atoms with Crippen LogP contribution in [0.1, 0.15) is 38.4 Å². The molecular formula is C18H29NO3. The monoisotopic (exact) mass is 307 g/mol. The molecule has 4 heteroatoms. The molecule has 0 radical (unpaired) electrons. The second-order valence-corrected chi connectivity index (χ2v) is 6.53. The Morgan fingerprint density at radius 2 is 1.77 bits per heavy atom. The number of piperidine rings is 1. The standard InChI is InChI=1S/C18H29NO3/c1-14(2)22-13-17(20)12-19-10-8-16(9-11-19)18(21)15-6-4-3-5-7-15/h3-7,14,16-18,20-21H,8-13H2,1-2H3.